The Morgan fingerprint density at radius 2 is 2.55 bits per heavy atom. The summed E-state index contributed by atoms with van der Waals surface area (Å²) in [6.45, 7) is 4.42. The summed E-state index contributed by atoms with van der Waals surface area (Å²) in [5, 5.41) is 0. The van der Waals surface area contributed by atoms with Crippen LogP contribution in [0.3, 0.4) is 0 Å². The number of hydrogen-bond acceptors (Lipinski definition) is 3. The van der Waals surface area contributed by atoms with Gasteiger partial charge in [0.05, 0.1) is 18.5 Å². The third-order valence-electron chi connectivity index (χ3n) is 1.34. The second-order valence-corrected chi connectivity index (χ2v) is 2.37. The fourth-order valence-electron chi connectivity index (χ4n) is 0.758. The van der Waals surface area contributed by atoms with Crippen LogP contribution in [0.1, 0.15) is 25.6 Å². The largest absolute Gasteiger partial charge is 0.465 e. The fraction of sp³-hybridized carbons (Fsp3) is 0.571. The first kappa shape index (κ1) is 8.07. The minimum absolute atomic E-state index is 0.0169. The van der Waals surface area contributed by atoms with Gasteiger partial charge in [-0.1, -0.05) is 0 Å². The number of H-pyrrole nitrogens is 1. The number of aromatic amines is 1. The summed E-state index contributed by atoms with van der Waals surface area (Å²) in [5.41, 5.74) is 6.49. The number of nitrogens with one attached hydrogen (secondary N) is 1. The molecule has 0 aromatic carbocycles. The molecule has 62 valence electrons. The van der Waals surface area contributed by atoms with Crippen LogP contribution >= 0.6 is 0 Å². The molecule has 0 aliphatic carbocycles. The molecular formula is C7H13N3O. The summed E-state index contributed by atoms with van der Waals surface area (Å²) in [6, 6.07) is 0.525. The average molecular weight is 155 g/mol. The van der Waals surface area contributed by atoms with Gasteiger partial charge in [0.2, 0.25) is 0 Å². The van der Waals surface area contributed by atoms with Crippen molar-refractivity contribution >= 4 is 0 Å². The van der Waals surface area contributed by atoms with Crippen molar-refractivity contribution in [1.29, 1.82) is 0 Å². The highest BCUT2D eigenvalue weighted by molar-refractivity contribution is 5.08. The number of ether oxygens (including phenoxy) is 1. The topological polar surface area (TPSA) is 63.9 Å². The molecule has 4 heteroatoms. The lowest BCUT2D eigenvalue weighted by Gasteiger charge is -1.99. The summed E-state index contributed by atoms with van der Waals surface area (Å²) in [7, 11) is 0. The number of imidazole rings is 1. The molecule has 1 heterocycles. The molecule has 0 fully saturated rings. The van der Waals surface area contributed by atoms with Crippen LogP contribution in [0.25, 0.3) is 0 Å². The van der Waals surface area contributed by atoms with Crippen LogP contribution in [-0.2, 0) is 0 Å². The van der Waals surface area contributed by atoms with Crippen molar-refractivity contribution in [3.63, 3.8) is 0 Å². The molecule has 1 aromatic heterocycles. The second-order valence-electron chi connectivity index (χ2n) is 2.37. The minimum Gasteiger partial charge on any atom is -0.465 e. The van der Waals surface area contributed by atoms with E-state index in [4.69, 9.17) is 10.5 Å². The van der Waals surface area contributed by atoms with Crippen molar-refractivity contribution in [3.8, 4) is 6.01 Å². The van der Waals surface area contributed by atoms with E-state index in [1.165, 1.54) is 0 Å². The molecule has 1 rings (SSSR count). The number of rotatable bonds is 3. The zero-order valence-corrected chi connectivity index (χ0v) is 6.79. The molecule has 4 nitrogen and oxygen atoms in total. The summed E-state index contributed by atoms with van der Waals surface area (Å²) >= 11 is 0. The Hall–Kier alpha value is -1.03. The van der Waals surface area contributed by atoms with E-state index in [0.29, 0.717) is 12.6 Å². The minimum atomic E-state index is -0.0169. The molecule has 0 amide bonds. The second kappa shape index (κ2) is 3.39. The molecule has 0 spiro atoms. The number of hydrogen-bond donors (Lipinski definition) is 2. The number of nitrogens with zero attached hydrogens (tertiary/aromatic N) is 1. The van der Waals surface area contributed by atoms with Gasteiger partial charge in [-0.3, -0.25) is 0 Å². The van der Waals surface area contributed by atoms with Crippen molar-refractivity contribution in [2.45, 2.75) is 19.9 Å². The molecule has 3 N–H and O–H groups in total. The Morgan fingerprint density at radius 1 is 1.82 bits per heavy atom. The predicted octanol–water partition coefficient (Wildman–Crippen LogP) is 0.828. The first-order valence-corrected chi connectivity index (χ1v) is 3.67. The summed E-state index contributed by atoms with van der Waals surface area (Å²) in [5.74, 6) is 0. The van der Waals surface area contributed by atoms with Gasteiger partial charge in [-0.05, 0) is 13.8 Å². The van der Waals surface area contributed by atoms with E-state index in [-0.39, 0.29) is 6.04 Å². The van der Waals surface area contributed by atoms with Crippen LogP contribution in [0.2, 0.25) is 0 Å². The van der Waals surface area contributed by atoms with Crippen LogP contribution in [-0.4, -0.2) is 16.6 Å². The maximum Gasteiger partial charge on any atom is 0.293 e. The Bertz CT molecular complexity index is 219. The molecular weight excluding hydrogens is 142 g/mol. The van der Waals surface area contributed by atoms with Gasteiger partial charge >= 0.3 is 0 Å². The van der Waals surface area contributed by atoms with Gasteiger partial charge in [0.25, 0.3) is 6.01 Å². The first-order chi connectivity index (χ1) is 5.24. The van der Waals surface area contributed by atoms with Crippen molar-refractivity contribution in [3.05, 3.63) is 11.9 Å². The molecule has 0 radical (unpaired) electrons. The zero-order valence-electron chi connectivity index (χ0n) is 6.79. The lowest BCUT2D eigenvalue weighted by Crippen LogP contribution is -2.05. The van der Waals surface area contributed by atoms with Gasteiger partial charge in [0, 0.05) is 6.04 Å². The Kier molecular flexibility index (Phi) is 2.48. The van der Waals surface area contributed by atoms with Gasteiger partial charge in [0.1, 0.15) is 0 Å². The van der Waals surface area contributed by atoms with Crippen molar-refractivity contribution in [2.24, 2.45) is 5.73 Å². The Labute approximate surface area is 65.8 Å². The lowest BCUT2D eigenvalue weighted by atomic mass is 10.3. The standard InChI is InChI=1S/C7H13N3O/c1-3-11-7-9-4-6(10-7)5(2)8/h4-5H,3,8H2,1-2H3,(H,9,10). The molecule has 11 heavy (non-hydrogen) atoms. The van der Waals surface area contributed by atoms with Gasteiger partial charge in [-0.2, -0.15) is 0 Å². The third-order valence-corrected chi connectivity index (χ3v) is 1.34. The van der Waals surface area contributed by atoms with E-state index < -0.39 is 0 Å². The van der Waals surface area contributed by atoms with E-state index in [1.807, 2.05) is 13.8 Å². The maximum absolute atomic E-state index is 5.60. The van der Waals surface area contributed by atoms with Crippen LogP contribution in [0.15, 0.2) is 6.20 Å². The summed E-state index contributed by atoms with van der Waals surface area (Å²) in [4.78, 5) is 6.92. The van der Waals surface area contributed by atoms with E-state index in [2.05, 4.69) is 9.97 Å². The monoisotopic (exact) mass is 155 g/mol. The SMILES string of the molecule is CCOc1ncc(C(C)N)[nH]1. The van der Waals surface area contributed by atoms with Crippen LogP contribution in [0, 0.1) is 0 Å². The van der Waals surface area contributed by atoms with Crippen LogP contribution in [0.5, 0.6) is 6.01 Å². The molecule has 1 unspecified atom stereocenters. The first-order valence-electron chi connectivity index (χ1n) is 3.67. The van der Waals surface area contributed by atoms with E-state index in [9.17, 15) is 0 Å². The molecule has 0 aliphatic heterocycles. The molecule has 0 bridgehead atoms. The zero-order chi connectivity index (χ0) is 8.27. The maximum atomic E-state index is 5.60. The number of nitrogens with two attached hydrogens (primary N) is 1. The van der Waals surface area contributed by atoms with Gasteiger partial charge in [-0.15, -0.1) is 0 Å². The average Bonchev–Trinajstić information content (AvgIpc) is 2.37. The fourth-order valence-corrected chi connectivity index (χ4v) is 0.758. The van der Waals surface area contributed by atoms with Crippen molar-refractivity contribution < 1.29 is 4.74 Å². The van der Waals surface area contributed by atoms with E-state index in [1.54, 1.807) is 6.20 Å². The summed E-state index contributed by atoms with van der Waals surface area (Å²) in [6.07, 6.45) is 1.69. The number of aromatic nitrogens is 2. The summed E-state index contributed by atoms with van der Waals surface area (Å²) < 4.78 is 5.11. The quantitative estimate of drug-likeness (QED) is 0.679. The molecule has 0 saturated heterocycles. The van der Waals surface area contributed by atoms with E-state index >= 15 is 0 Å². The molecule has 0 saturated carbocycles. The van der Waals surface area contributed by atoms with Gasteiger partial charge in [0.15, 0.2) is 0 Å². The Balaban J connectivity index is 2.66. The Morgan fingerprint density at radius 3 is 3.00 bits per heavy atom. The third kappa shape index (κ3) is 1.94. The molecule has 1 atom stereocenters. The van der Waals surface area contributed by atoms with Crippen molar-refractivity contribution in [1.82, 2.24) is 9.97 Å². The van der Waals surface area contributed by atoms with E-state index in [0.717, 1.165) is 5.69 Å². The normalized spacial score (nSPS) is 13.0. The highest BCUT2D eigenvalue weighted by atomic mass is 16.5. The van der Waals surface area contributed by atoms with Crippen molar-refractivity contribution in [2.75, 3.05) is 6.61 Å². The van der Waals surface area contributed by atoms with Crippen LogP contribution in [0.4, 0.5) is 0 Å². The van der Waals surface area contributed by atoms with Gasteiger partial charge < -0.3 is 15.5 Å². The highest BCUT2D eigenvalue weighted by Gasteiger charge is 2.03. The van der Waals surface area contributed by atoms with Crippen LogP contribution < -0.4 is 10.5 Å². The predicted molar refractivity (Wildman–Crippen MR) is 42.4 cm³/mol. The van der Waals surface area contributed by atoms with Gasteiger partial charge in [-0.25, -0.2) is 4.98 Å². The highest BCUT2D eigenvalue weighted by Crippen LogP contribution is 2.10. The molecule has 0 aliphatic rings. The smallest absolute Gasteiger partial charge is 0.293 e. The lowest BCUT2D eigenvalue weighted by molar-refractivity contribution is 0.315. The molecule has 1 aromatic rings.